The van der Waals surface area contributed by atoms with Crippen molar-refractivity contribution in [1.82, 2.24) is 0 Å². The topological polar surface area (TPSA) is 66.8 Å². The van der Waals surface area contributed by atoms with Gasteiger partial charge in [-0.1, -0.05) is 0 Å². The van der Waals surface area contributed by atoms with Crippen molar-refractivity contribution in [3.05, 3.63) is 0 Å². The molecule has 0 aromatic heterocycles. The van der Waals surface area contributed by atoms with Crippen molar-refractivity contribution < 1.29 is 111 Å². The van der Waals surface area contributed by atoms with Crippen molar-refractivity contribution in [2.24, 2.45) is 0 Å². The van der Waals surface area contributed by atoms with Gasteiger partial charge >= 0.3 is 67.3 Å². The fourth-order valence-corrected chi connectivity index (χ4v) is 2.59. The van der Waals surface area contributed by atoms with Gasteiger partial charge in [-0.05, 0) is 6.42 Å². The quantitative estimate of drug-likeness (QED) is 0.125. The summed E-state index contributed by atoms with van der Waals surface area (Å²) in [5.41, 5.74) is 0. The largest absolute Gasteiger partial charge is 0.469 e. The molecule has 2 N–H and O–H groups in total. The van der Waals surface area contributed by atoms with Gasteiger partial charge in [0, 0.05) is 6.42 Å². The van der Waals surface area contributed by atoms with Gasteiger partial charge < -0.3 is 9.79 Å². The summed E-state index contributed by atoms with van der Waals surface area (Å²) in [5.74, 6) is -77.7. The highest BCUT2D eigenvalue weighted by Gasteiger charge is 2.97. The molecule has 0 rings (SSSR count). The van der Waals surface area contributed by atoms with Gasteiger partial charge in [-0.25, -0.2) is 4.57 Å². The van der Waals surface area contributed by atoms with E-state index in [4.69, 9.17) is 9.79 Å². The zero-order valence-corrected chi connectivity index (χ0v) is 18.1. The van der Waals surface area contributed by atoms with Crippen LogP contribution in [0.2, 0.25) is 0 Å². The van der Waals surface area contributed by atoms with Gasteiger partial charge in [0.1, 0.15) is 0 Å². The first-order chi connectivity index (χ1) is 16.5. The minimum atomic E-state index is -9.24. The van der Waals surface area contributed by atoms with E-state index in [1.54, 1.807) is 0 Å². The van der Waals surface area contributed by atoms with E-state index in [1.807, 2.05) is 0 Å². The average Bonchev–Trinajstić information content (AvgIpc) is 2.68. The predicted molar refractivity (Wildman–Crippen MR) is 77.8 cm³/mol. The highest BCUT2D eigenvalue weighted by atomic mass is 31.2. The van der Waals surface area contributed by atoms with E-state index < -0.39 is 86.8 Å². The van der Waals surface area contributed by atoms with Gasteiger partial charge in [0.2, 0.25) is 0 Å². The molecule has 0 heterocycles. The predicted octanol–water partition coefficient (Wildman–Crippen LogP) is 7.16. The monoisotopic (exact) mass is 658 g/mol. The number of halogens is 21. The SMILES string of the molecule is O=P(O)(O)OCCCC(F)(F)C(F)(F)C(F)(F)C(F)(F)C(F)(F)C(F)(F)C(F)(F)C(F)(F)C(F)(F)C(F)(F)F. The minimum absolute atomic E-state index is 1.79. The molecule has 39 heavy (non-hydrogen) atoms. The van der Waals surface area contributed by atoms with Gasteiger partial charge in [0.15, 0.2) is 0 Å². The number of rotatable bonds is 13. The molecular formula is C13H8F21O4P. The molecule has 0 unspecified atom stereocenters. The van der Waals surface area contributed by atoms with Crippen LogP contribution in [-0.4, -0.2) is 75.9 Å². The maximum Gasteiger partial charge on any atom is 0.469 e. The Labute approximate surface area is 199 Å². The van der Waals surface area contributed by atoms with Crippen molar-refractivity contribution in [2.45, 2.75) is 72.3 Å². The van der Waals surface area contributed by atoms with Gasteiger partial charge in [0.25, 0.3) is 0 Å². The fraction of sp³-hybridized carbons (Fsp3) is 1.00. The van der Waals surface area contributed by atoms with Gasteiger partial charge in [-0.3, -0.25) is 4.52 Å². The Morgan fingerprint density at radius 1 is 0.462 bits per heavy atom. The van der Waals surface area contributed by atoms with E-state index in [1.165, 1.54) is 0 Å². The highest BCUT2D eigenvalue weighted by molar-refractivity contribution is 7.46. The smallest absolute Gasteiger partial charge is 0.303 e. The normalized spacial score (nSPS) is 16.6. The molecule has 0 aliphatic heterocycles. The summed E-state index contributed by atoms with van der Waals surface area (Å²) in [5, 5.41) is 0. The second-order valence-electron chi connectivity index (χ2n) is 7.22. The van der Waals surface area contributed by atoms with Crippen molar-refractivity contribution in [1.29, 1.82) is 0 Å². The Morgan fingerprint density at radius 3 is 0.974 bits per heavy atom. The van der Waals surface area contributed by atoms with E-state index >= 15 is 0 Å². The fourth-order valence-electron chi connectivity index (χ4n) is 2.23. The van der Waals surface area contributed by atoms with Crippen LogP contribution in [0.1, 0.15) is 12.8 Å². The van der Waals surface area contributed by atoms with Crippen LogP contribution in [0.25, 0.3) is 0 Å². The van der Waals surface area contributed by atoms with Crippen molar-refractivity contribution in [3.63, 3.8) is 0 Å². The molecule has 0 aliphatic carbocycles. The molecule has 0 saturated carbocycles. The first kappa shape index (κ1) is 37.6. The maximum atomic E-state index is 13.6. The lowest BCUT2D eigenvalue weighted by molar-refractivity contribution is -0.474. The summed E-state index contributed by atoms with van der Waals surface area (Å²) in [6.45, 7) is -1.79. The second kappa shape index (κ2) is 9.88. The first-order valence-corrected chi connectivity index (χ1v) is 10.2. The van der Waals surface area contributed by atoms with Crippen LogP contribution in [0.3, 0.4) is 0 Å². The lowest BCUT2D eigenvalue weighted by Gasteiger charge is -2.44. The molecule has 0 bridgehead atoms. The molecule has 0 radical (unpaired) electrons. The average molecular weight is 658 g/mol. The van der Waals surface area contributed by atoms with Crippen LogP contribution in [0, 0.1) is 0 Å². The number of hydrogen-bond acceptors (Lipinski definition) is 2. The molecule has 0 fully saturated rings. The molecule has 0 amide bonds. The molecular weight excluding hydrogens is 650 g/mol. The maximum absolute atomic E-state index is 13.6. The Kier molecular flexibility index (Phi) is 9.53. The molecule has 236 valence electrons. The lowest BCUT2D eigenvalue weighted by atomic mass is 9.85. The summed E-state index contributed by atoms with van der Waals surface area (Å²) in [7, 11) is -5.58. The van der Waals surface area contributed by atoms with Crippen molar-refractivity contribution in [3.8, 4) is 0 Å². The summed E-state index contributed by atoms with van der Waals surface area (Å²) in [4.78, 5) is 16.4. The Morgan fingerprint density at radius 2 is 0.718 bits per heavy atom. The lowest BCUT2D eigenvalue weighted by Crippen LogP contribution is -2.76. The molecule has 0 aromatic rings. The van der Waals surface area contributed by atoms with Crippen LogP contribution < -0.4 is 0 Å². The van der Waals surface area contributed by atoms with E-state index in [-0.39, 0.29) is 0 Å². The zero-order valence-electron chi connectivity index (χ0n) is 17.2. The summed E-state index contributed by atoms with van der Waals surface area (Å²) >= 11 is 0. The summed E-state index contributed by atoms with van der Waals surface area (Å²) in [6, 6.07) is 0. The third-order valence-electron chi connectivity index (χ3n) is 4.47. The summed E-state index contributed by atoms with van der Waals surface area (Å²) < 4.78 is 290. The van der Waals surface area contributed by atoms with Gasteiger partial charge in [-0.2, -0.15) is 92.2 Å². The Balaban J connectivity index is 6.72. The Bertz CT molecular complexity index is 919. The van der Waals surface area contributed by atoms with Crippen LogP contribution in [0.4, 0.5) is 92.2 Å². The number of phosphoric ester groups is 1. The zero-order chi connectivity index (χ0) is 32.3. The molecule has 0 aliphatic rings. The van der Waals surface area contributed by atoms with E-state index in [0.29, 0.717) is 0 Å². The number of phosphoric acid groups is 1. The Hall–Kier alpha value is -1.36. The summed E-state index contributed by atoms with van der Waals surface area (Å²) in [6.07, 6.45) is -13.0. The second-order valence-corrected chi connectivity index (χ2v) is 8.46. The molecule has 26 heteroatoms. The highest BCUT2D eigenvalue weighted by Crippen LogP contribution is 2.66. The molecule has 0 aromatic carbocycles. The van der Waals surface area contributed by atoms with Crippen LogP contribution in [0.15, 0.2) is 0 Å². The third kappa shape index (κ3) is 5.60. The van der Waals surface area contributed by atoms with E-state index in [0.717, 1.165) is 0 Å². The van der Waals surface area contributed by atoms with Crippen LogP contribution in [-0.2, 0) is 9.09 Å². The minimum Gasteiger partial charge on any atom is -0.303 e. The van der Waals surface area contributed by atoms with Crippen molar-refractivity contribution in [2.75, 3.05) is 6.61 Å². The first-order valence-electron chi connectivity index (χ1n) is 8.63. The van der Waals surface area contributed by atoms with Gasteiger partial charge in [0.05, 0.1) is 6.61 Å². The molecule has 0 spiro atoms. The molecule has 0 atom stereocenters. The number of hydrogen-bond donors (Lipinski definition) is 2. The van der Waals surface area contributed by atoms with E-state index in [9.17, 15) is 96.8 Å². The third-order valence-corrected chi connectivity index (χ3v) is 4.99. The van der Waals surface area contributed by atoms with E-state index in [2.05, 4.69) is 4.52 Å². The molecule has 0 saturated heterocycles. The van der Waals surface area contributed by atoms with Crippen LogP contribution in [0.5, 0.6) is 0 Å². The molecule has 4 nitrogen and oxygen atoms in total. The number of alkyl halides is 21. The van der Waals surface area contributed by atoms with Gasteiger partial charge in [-0.15, -0.1) is 0 Å². The van der Waals surface area contributed by atoms with Crippen molar-refractivity contribution >= 4 is 7.82 Å². The standard InChI is InChI=1S/C13H8F21O4P/c14-4(15,2-1-3-38-39(35,36)37)5(16,17)6(18,19)7(20,21)8(22,23)9(24,25)10(26,27)11(28,29)12(30,31)13(32,33)34/h1-3H2,(H2,35,36,37). The van der Waals surface area contributed by atoms with Crippen LogP contribution >= 0.6 is 7.82 Å².